The molecule has 1 saturated heterocycles. The first kappa shape index (κ1) is 17.1. The fraction of sp³-hybridized carbons (Fsp3) is 0.625. The quantitative estimate of drug-likeness (QED) is 0.800. The van der Waals surface area contributed by atoms with E-state index in [1.54, 1.807) is 12.1 Å². The van der Waals surface area contributed by atoms with E-state index < -0.39 is 12.8 Å². The minimum absolute atomic E-state index is 0.246. The molecule has 0 unspecified atom stereocenters. The third-order valence-corrected chi connectivity index (χ3v) is 3.67. The maximum absolute atomic E-state index is 12.1. The van der Waals surface area contributed by atoms with E-state index in [0.29, 0.717) is 6.10 Å². The van der Waals surface area contributed by atoms with Gasteiger partial charge in [-0.3, -0.25) is 4.90 Å². The highest BCUT2D eigenvalue weighted by Crippen LogP contribution is 2.20. The Balaban J connectivity index is 1.77. The summed E-state index contributed by atoms with van der Waals surface area (Å²) in [7, 11) is 0. The maximum Gasteiger partial charge on any atom is 0.422 e. The maximum atomic E-state index is 12.1. The number of hydrogen-bond donors (Lipinski definition) is 0. The predicted octanol–water partition coefficient (Wildman–Crippen LogP) is 3.63. The van der Waals surface area contributed by atoms with Crippen LogP contribution in [0, 0.1) is 0 Å². The number of hydrogen-bond acceptors (Lipinski definition) is 3. The lowest BCUT2D eigenvalue weighted by molar-refractivity contribution is -0.153. The molecule has 0 bridgehead atoms. The highest BCUT2D eigenvalue weighted by molar-refractivity contribution is 5.27. The van der Waals surface area contributed by atoms with E-state index in [9.17, 15) is 13.2 Å². The lowest BCUT2D eigenvalue weighted by Gasteiger charge is -2.31. The molecule has 1 fully saturated rings. The van der Waals surface area contributed by atoms with Crippen LogP contribution in [0.4, 0.5) is 13.2 Å². The second kappa shape index (κ2) is 7.83. The van der Waals surface area contributed by atoms with E-state index in [1.807, 2.05) is 19.1 Å². The van der Waals surface area contributed by atoms with Gasteiger partial charge >= 0.3 is 6.18 Å². The summed E-state index contributed by atoms with van der Waals surface area (Å²) in [6.07, 6.45) is -1.88. The summed E-state index contributed by atoms with van der Waals surface area (Å²) < 4.78 is 46.5. The van der Waals surface area contributed by atoms with Gasteiger partial charge in [0.2, 0.25) is 0 Å². The van der Waals surface area contributed by atoms with E-state index in [0.717, 1.165) is 44.6 Å². The van der Waals surface area contributed by atoms with Crippen LogP contribution < -0.4 is 4.74 Å². The smallest absolute Gasteiger partial charge is 0.422 e. The van der Waals surface area contributed by atoms with Crippen molar-refractivity contribution in [3.8, 4) is 5.75 Å². The molecule has 0 N–H and O–H groups in total. The van der Waals surface area contributed by atoms with Gasteiger partial charge in [-0.1, -0.05) is 12.1 Å². The minimum Gasteiger partial charge on any atom is -0.484 e. The number of alkyl halides is 3. The van der Waals surface area contributed by atoms with Crippen molar-refractivity contribution >= 4 is 0 Å². The Bertz CT molecular complexity index is 440. The lowest BCUT2D eigenvalue weighted by Crippen LogP contribution is -2.36. The van der Waals surface area contributed by atoms with E-state index >= 15 is 0 Å². The normalized spacial score (nSPS) is 17.6. The van der Waals surface area contributed by atoms with Gasteiger partial charge in [0, 0.05) is 26.2 Å². The molecule has 22 heavy (non-hydrogen) atoms. The number of likely N-dealkylation sites (tertiary alicyclic amines) is 1. The Morgan fingerprint density at radius 3 is 2.32 bits per heavy atom. The summed E-state index contributed by atoms with van der Waals surface area (Å²) >= 11 is 0. The molecule has 0 atom stereocenters. The SMILES string of the molecule is CCOC1CCN(Cc2ccc(OCC(F)(F)F)cc2)CC1. The van der Waals surface area contributed by atoms with Gasteiger partial charge in [0.05, 0.1) is 6.10 Å². The van der Waals surface area contributed by atoms with Gasteiger partial charge in [-0.25, -0.2) is 0 Å². The molecule has 0 aliphatic carbocycles. The summed E-state index contributed by atoms with van der Waals surface area (Å²) in [5.41, 5.74) is 1.08. The topological polar surface area (TPSA) is 21.7 Å². The van der Waals surface area contributed by atoms with Crippen LogP contribution in [-0.2, 0) is 11.3 Å². The van der Waals surface area contributed by atoms with E-state index in [2.05, 4.69) is 4.90 Å². The standard InChI is InChI=1S/C16H22F3NO2/c1-2-21-15-7-9-20(10-8-15)11-13-3-5-14(6-4-13)22-12-16(17,18)19/h3-6,15H,2,7-12H2,1H3. The van der Waals surface area contributed by atoms with Gasteiger partial charge in [-0.15, -0.1) is 0 Å². The molecular formula is C16H22F3NO2. The number of benzene rings is 1. The lowest BCUT2D eigenvalue weighted by atomic mass is 10.1. The molecule has 124 valence electrons. The predicted molar refractivity (Wildman–Crippen MR) is 77.9 cm³/mol. The third kappa shape index (κ3) is 5.85. The van der Waals surface area contributed by atoms with Crippen molar-refractivity contribution in [2.75, 3.05) is 26.3 Å². The van der Waals surface area contributed by atoms with Crippen molar-refractivity contribution < 1.29 is 22.6 Å². The van der Waals surface area contributed by atoms with Crippen molar-refractivity contribution in [2.45, 2.75) is 38.6 Å². The average molecular weight is 317 g/mol. The van der Waals surface area contributed by atoms with Crippen LogP contribution in [0.25, 0.3) is 0 Å². The molecule has 6 heteroatoms. The van der Waals surface area contributed by atoms with Crippen LogP contribution >= 0.6 is 0 Å². The third-order valence-electron chi connectivity index (χ3n) is 3.67. The Labute approximate surface area is 129 Å². The summed E-state index contributed by atoms with van der Waals surface area (Å²) in [5, 5.41) is 0. The molecule has 0 amide bonds. The van der Waals surface area contributed by atoms with Crippen molar-refractivity contribution in [2.24, 2.45) is 0 Å². The number of nitrogens with zero attached hydrogens (tertiary/aromatic N) is 1. The Hall–Kier alpha value is -1.27. The molecule has 0 aromatic heterocycles. The molecule has 2 rings (SSSR count). The van der Waals surface area contributed by atoms with Gasteiger partial charge in [0.1, 0.15) is 5.75 Å². The van der Waals surface area contributed by atoms with E-state index in [1.165, 1.54) is 0 Å². The first-order chi connectivity index (χ1) is 10.5. The monoisotopic (exact) mass is 317 g/mol. The van der Waals surface area contributed by atoms with Crippen molar-refractivity contribution in [3.05, 3.63) is 29.8 Å². The zero-order valence-corrected chi connectivity index (χ0v) is 12.7. The van der Waals surface area contributed by atoms with Gasteiger partial charge < -0.3 is 9.47 Å². The minimum atomic E-state index is -4.30. The average Bonchev–Trinajstić information content (AvgIpc) is 2.48. The fourth-order valence-electron chi connectivity index (χ4n) is 2.58. The molecule has 1 aliphatic heterocycles. The first-order valence-corrected chi connectivity index (χ1v) is 7.58. The Kier molecular flexibility index (Phi) is 6.08. The van der Waals surface area contributed by atoms with Crippen molar-refractivity contribution in [3.63, 3.8) is 0 Å². The molecule has 1 aromatic carbocycles. The zero-order chi connectivity index (χ0) is 16.0. The molecule has 1 heterocycles. The first-order valence-electron chi connectivity index (χ1n) is 7.58. The van der Waals surface area contributed by atoms with Crippen molar-refractivity contribution in [1.82, 2.24) is 4.90 Å². The molecule has 3 nitrogen and oxygen atoms in total. The number of halogens is 3. The molecule has 0 spiro atoms. The summed E-state index contributed by atoms with van der Waals surface area (Å²) in [5.74, 6) is 0.246. The van der Waals surface area contributed by atoms with Crippen molar-refractivity contribution in [1.29, 1.82) is 0 Å². The molecule has 0 radical (unpaired) electrons. The summed E-state index contributed by atoms with van der Waals surface area (Å²) in [6.45, 7) is 4.28. The van der Waals surface area contributed by atoms with Gasteiger partial charge in [0.15, 0.2) is 6.61 Å². The van der Waals surface area contributed by atoms with Crippen LogP contribution in [-0.4, -0.2) is 43.5 Å². The van der Waals surface area contributed by atoms with Crippen LogP contribution in [0.2, 0.25) is 0 Å². The van der Waals surface area contributed by atoms with E-state index in [4.69, 9.17) is 9.47 Å². The highest BCUT2D eigenvalue weighted by atomic mass is 19.4. The Morgan fingerprint density at radius 1 is 1.14 bits per heavy atom. The number of rotatable bonds is 6. The van der Waals surface area contributed by atoms with Crippen LogP contribution in [0.1, 0.15) is 25.3 Å². The van der Waals surface area contributed by atoms with Crippen LogP contribution in [0.15, 0.2) is 24.3 Å². The largest absolute Gasteiger partial charge is 0.484 e. The van der Waals surface area contributed by atoms with Gasteiger partial charge in [0.25, 0.3) is 0 Å². The second-order valence-corrected chi connectivity index (χ2v) is 5.48. The second-order valence-electron chi connectivity index (χ2n) is 5.48. The number of ether oxygens (including phenoxy) is 2. The number of piperidine rings is 1. The zero-order valence-electron chi connectivity index (χ0n) is 12.7. The highest BCUT2D eigenvalue weighted by Gasteiger charge is 2.28. The van der Waals surface area contributed by atoms with Crippen LogP contribution in [0.5, 0.6) is 5.75 Å². The summed E-state index contributed by atoms with van der Waals surface area (Å²) in [6, 6.07) is 6.82. The fourth-order valence-corrected chi connectivity index (χ4v) is 2.58. The van der Waals surface area contributed by atoms with Gasteiger partial charge in [-0.2, -0.15) is 13.2 Å². The van der Waals surface area contributed by atoms with Crippen LogP contribution in [0.3, 0.4) is 0 Å². The molecule has 0 saturated carbocycles. The molecule has 1 aromatic rings. The molecule has 1 aliphatic rings. The molecular weight excluding hydrogens is 295 g/mol. The summed E-state index contributed by atoms with van der Waals surface area (Å²) in [4.78, 5) is 2.33. The Morgan fingerprint density at radius 2 is 1.77 bits per heavy atom. The van der Waals surface area contributed by atoms with E-state index in [-0.39, 0.29) is 5.75 Å². The van der Waals surface area contributed by atoms with Gasteiger partial charge in [-0.05, 0) is 37.5 Å².